The number of rotatable bonds is 5. The summed E-state index contributed by atoms with van der Waals surface area (Å²) < 4.78 is 78.3. The number of hydrogen-bond acceptors (Lipinski definition) is 8. The van der Waals surface area contributed by atoms with Crippen LogP contribution in [0.25, 0.3) is 0 Å². The molecule has 1 saturated heterocycles. The molecule has 2 aromatic heterocycles. The van der Waals surface area contributed by atoms with Crippen molar-refractivity contribution in [2.24, 2.45) is 5.92 Å². The Morgan fingerprint density at radius 3 is 2.69 bits per heavy atom. The minimum absolute atomic E-state index is 0.00223. The first-order valence-electron chi connectivity index (χ1n) is 11.0. The highest BCUT2D eigenvalue weighted by Gasteiger charge is 2.47. The third kappa shape index (κ3) is 4.98. The van der Waals surface area contributed by atoms with E-state index in [2.05, 4.69) is 24.0 Å². The SMILES string of the molecule is O=S(=O)(Nc1ncns1)c1ccc2c(c1)OCC[C@H]2N1CC[C@@H](C(F)(F)F)C[C@H]1c1ccccn1. The third-order valence-electron chi connectivity index (χ3n) is 6.42. The van der Waals surface area contributed by atoms with Crippen LogP contribution >= 0.6 is 11.5 Å². The molecule has 0 unspecified atom stereocenters. The molecule has 1 aromatic carbocycles. The molecule has 8 nitrogen and oxygen atoms in total. The second-order valence-electron chi connectivity index (χ2n) is 8.48. The molecule has 13 heteroatoms. The summed E-state index contributed by atoms with van der Waals surface area (Å²) in [5.41, 5.74) is 1.34. The van der Waals surface area contributed by atoms with Crippen LogP contribution in [-0.4, -0.2) is 47.0 Å². The van der Waals surface area contributed by atoms with Gasteiger partial charge in [-0.05, 0) is 31.0 Å². The molecule has 186 valence electrons. The number of nitrogens with one attached hydrogen (secondary N) is 1. The van der Waals surface area contributed by atoms with Crippen molar-refractivity contribution >= 4 is 26.7 Å². The van der Waals surface area contributed by atoms with Crippen molar-refractivity contribution in [3.8, 4) is 5.75 Å². The quantitative estimate of drug-likeness (QED) is 0.521. The van der Waals surface area contributed by atoms with Crippen LogP contribution in [0.2, 0.25) is 0 Å². The van der Waals surface area contributed by atoms with Crippen LogP contribution in [0, 0.1) is 5.92 Å². The Morgan fingerprint density at radius 1 is 1.11 bits per heavy atom. The maximum Gasteiger partial charge on any atom is 0.391 e. The smallest absolute Gasteiger partial charge is 0.391 e. The number of ether oxygens (including phenoxy) is 1. The van der Waals surface area contributed by atoms with E-state index in [0.717, 1.165) is 17.1 Å². The van der Waals surface area contributed by atoms with Gasteiger partial charge in [0, 0.05) is 48.4 Å². The fourth-order valence-corrected chi connectivity index (χ4v) is 6.45. The molecule has 0 spiro atoms. The average Bonchev–Trinajstić information content (AvgIpc) is 3.35. The number of alkyl halides is 3. The van der Waals surface area contributed by atoms with E-state index >= 15 is 0 Å². The average molecular weight is 526 g/mol. The Hall–Kier alpha value is -2.77. The van der Waals surface area contributed by atoms with Gasteiger partial charge in [-0.1, -0.05) is 12.1 Å². The van der Waals surface area contributed by atoms with E-state index < -0.39 is 28.2 Å². The van der Waals surface area contributed by atoms with Gasteiger partial charge in [0.05, 0.1) is 29.2 Å². The number of fused-ring (bicyclic) bond motifs is 1. The van der Waals surface area contributed by atoms with Crippen LogP contribution in [0.4, 0.5) is 18.3 Å². The summed E-state index contributed by atoms with van der Waals surface area (Å²) in [5, 5.41) is 0.146. The zero-order valence-electron chi connectivity index (χ0n) is 18.4. The Morgan fingerprint density at radius 2 is 1.97 bits per heavy atom. The first-order chi connectivity index (χ1) is 16.7. The molecule has 4 heterocycles. The highest BCUT2D eigenvalue weighted by atomic mass is 32.2. The number of hydrogen-bond donors (Lipinski definition) is 1. The minimum Gasteiger partial charge on any atom is -0.493 e. The molecule has 0 saturated carbocycles. The molecule has 0 bridgehead atoms. The first kappa shape index (κ1) is 23.9. The van der Waals surface area contributed by atoms with E-state index in [9.17, 15) is 21.6 Å². The minimum atomic E-state index is -4.27. The van der Waals surface area contributed by atoms with Gasteiger partial charge in [-0.2, -0.15) is 17.5 Å². The molecule has 2 aliphatic heterocycles. The lowest BCUT2D eigenvalue weighted by molar-refractivity contribution is -0.192. The fourth-order valence-electron chi connectivity index (χ4n) is 4.77. The largest absolute Gasteiger partial charge is 0.493 e. The second kappa shape index (κ2) is 9.36. The number of aromatic nitrogens is 3. The van der Waals surface area contributed by atoms with E-state index in [1.807, 2.05) is 0 Å². The van der Waals surface area contributed by atoms with Gasteiger partial charge in [-0.15, -0.1) is 0 Å². The first-order valence-corrected chi connectivity index (χ1v) is 13.3. The van der Waals surface area contributed by atoms with Gasteiger partial charge in [-0.3, -0.25) is 14.6 Å². The number of halogens is 3. The van der Waals surface area contributed by atoms with Crippen molar-refractivity contribution in [1.82, 2.24) is 19.2 Å². The van der Waals surface area contributed by atoms with Gasteiger partial charge < -0.3 is 4.74 Å². The van der Waals surface area contributed by atoms with Gasteiger partial charge in [0.25, 0.3) is 10.0 Å². The Labute approximate surface area is 204 Å². The Balaban J connectivity index is 1.46. The maximum atomic E-state index is 13.6. The molecule has 2 aliphatic rings. The Bertz CT molecular complexity index is 1270. The van der Waals surface area contributed by atoms with E-state index in [1.54, 1.807) is 30.5 Å². The van der Waals surface area contributed by atoms with Crippen molar-refractivity contribution in [3.05, 3.63) is 60.2 Å². The zero-order chi connectivity index (χ0) is 24.6. The maximum absolute atomic E-state index is 13.6. The molecule has 3 atom stereocenters. The lowest BCUT2D eigenvalue weighted by Crippen LogP contribution is -2.44. The van der Waals surface area contributed by atoms with Crippen LogP contribution in [0.1, 0.15) is 42.6 Å². The number of piperidine rings is 1. The zero-order valence-corrected chi connectivity index (χ0v) is 20.0. The summed E-state index contributed by atoms with van der Waals surface area (Å²) in [6.07, 6.45) is -0.935. The fraction of sp³-hybridized carbons (Fsp3) is 0.409. The van der Waals surface area contributed by atoms with Crippen LogP contribution in [0.5, 0.6) is 5.75 Å². The third-order valence-corrected chi connectivity index (χ3v) is 8.47. The molecular weight excluding hydrogens is 503 g/mol. The molecular formula is C22H22F3N5O3S2. The normalized spacial score (nSPS) is 23.3. The van der Waals surface area contributed by atoms with Gasteiger partial charge in [0.2, 0.25) is 5.13 Å². The highest BCUT2D eigenvalue weighted by Crippen LogP contribution is 2.47. The van der Waals surface area contributed by atoms with E-state index in [4.69, 9.17) is 4.74 Å². The number of likely N-dealkylation sites (tertiary alicyclic amines) is 1. The number of sulfonamides is 1. The summed E-state index contributed by atoms with van der Waals surface area (Å²) in [7, 11) is -3.91. The summed E-state index contributed by atoms with van der Waals surface area (Å²) >= 11 is 0.917. The summed E-state index contributed by atoms with van der Waals surface area (Å²) in [6, 6.07) is 9.12. The lowest BCUT2D eigenvalue weighted by atomic mass is 9.85. The topological polar surface area (TPSA) is 97.3 Å². The van der Waals surface area contributed by atoms with Crippen LogP contribution in [-0.2, 0) is 10.0 Å². The van der Waals surface area contributed by atoms with Crippen molar-refractivity contribution in [1.29, 1.82) is 0 Å². The van der Waals surface area contributed by atoms with Crippen molar-refractivity contribution in [2.45, 2.75) is 42.4 Å². The van der Waals surface area contributed by atoms with Crippen molar-refractivity contribution < 1.29 is 26.3 Å². The summed E-state index contributed by atoms with van der Waals surface area (Å²) in [6.45, 7) is 0.563. The number of nitrogens with zero attached hydrogens (tertiary/aromatic N) is 4. The number of pyridine rings is 1. The van der Waals surface area contributed by atoms with Gasteiger partial charge in [-0.25, -0.2) is 13.4 Å². The monoisotopic (exact) mass is 525 g/mol. The van der Waals surface area contributed by atoms with Crippen LogP contribution in [0.15, 0.2) is 53.8 Å². The predicted octanol–water partition coefficient (Wildman–Crippen LogP) is 4.57. The van der Waals surface area contributed by atoms with Crippen molar-refractivity contribution in [3.63, 3.8) is 0 Å². The van der Waals surface area contributed by atoms with E-state index in [0.29, 0.717) is 24.5 Å². The molecule has 1 fully saturated rings. The van der Waals surface area contributed by atoms with E-state index in [1.165, 1.54) is 18.5 Å². The van der Waals surface area contributed by atoms with E-state index in [-0.39, 0.29) is 35.5 Å². The summed E-state index contributed by atoms with van der Waals surface area (Å²) in [4.78, 5) is 10.3. The van der Waals surface area contributed by atoms with Gasteiger partial charge in [0.1, 0.15) is 12.1 Å². The highest BCUT2D eigenvalue weighted by molar-refractivity contribution is 7.93. The summed E-state index contributed by atoms with van der Waals surface area (Å²) in [5.74, 6) is -0.997. The molecule has 3 aromatic rings. The van der Waals surface area contributed by atoms with Gasteiger partial charge >= 0.3 is 6.18 Å². The number of anilines is 1. The van der Waals surface area contributed by atoms with Crippen molar-refractivity contribution in [2.75, 3.05) is 17.9 Å². The Kier molecular flexibility index (Phi) is 6.40. The standard InChI is InChI=1S/C22H22F3N5O3S2/c23-22(24,25)14-6-9-30(19(11-14)17-3-1-2-8-26-17)18-7-10-33-20-12-15(4-5-16(18)20)35(31,32)29-21-27-13-28-34-21/h1-5,8,12-14,18-19H,6-7,9-11H2,(H,27,28,29)/t14-,18-,19+/m1/s1. The van der Waals surface area contributed by atoms with Crippen LogP contribution in [0.3, 0.4) is 0 Å². The molecule has 0 amide bonds. The second-order valence-corrected chi connectivity index (χ2v) is 10.9. The van der Waals surface area contributed by atoms with Crippen LogP contribution < -0.4 is 9.46 Å². The molecule has 35 heavy (non-hydrogen) atoms. The molecule has 1 N–H and O–H groups in total. The molecule has 0 aliphatic carbocycles. The predicted molar refractivity (Wildman–Crippen MR) is 122 cm³/mol. The molecule has 0 radical (unpaired) electrons. The number of benzene rings is 1. The van der Waals surface area contributed by atoms with Gasteiger partial charge in [0.15, 0.2) is 0 Å². The lowest BCUT2D eigenvalue weighted by Gasteiger charge is -2.45. The molecule has 5 rings (SSSR count).